The number of rotatable bonds is 1. The molecule has 0 bridgehead atoms. The molecule has 1 aromatic heterocycles. The van der Waals surface area contributed by atoms with Gasteiger partial charge in [0.2, 0.25) is 5.89 Å². The van der Waals surface area contributed by atoms with Gasteiger partial charge in [-0.25, -0.2) is 4.98 Å². The average molecular weight is 210 g/mol. The molecule has 0 amide bonds. The Morgan fingerprint density at radius 1 is 1.57 bits per heavy atom. The SMILES string of the molecule is CC(O)=Cc1nc2cc(Cl)ccc2o1. The van der Waals surface area contributed by atoms with E-state index in [1.165, 1.54) is 6.08 Å². The summed E-state index contributed by atoms with van der Waals surface area (Å²) in [6.07, 6.45) is 1.45. The van der Waals surface area contributed by atoms with Gasteiger partial charge in [-0.15, -0.1) is 0 Å². The fourth-order valence-corrected chi connectivity index (χ4v) is 1.33. The molecular formula is C10H8ClNO2. The van der Waals surface area contributed by atoms with Crippen LogP contribution >= 0.6 is 11.6 Å². The molecule has 0 unspecified atom stereocenters. The molecule has 3 nitrogen and oxygen atoms in total. The maximum Gasteiger partial charge on any atom is 0.223 e. The molecule has 4 heteroatoms. The topological polar surface area (TPSA) is 46.3 Å². The van der Waals surface area contributed by atoms with Crippen molar-refractivity contribution in [3.8, 4) is 0 Å². The van der Waals surface area contributed by atoms with Gasteiger partial charge in [0, 0.05) is 11.1 Å². The van der Waals surface area contributed by atoms with Crippen molar-refractivity contribution in [3.05, 3.63) is 34.9 Å². The molecule has 1 heterocycles. The number of hydrogen-bond donors (Lipinski definition) is 1. The van der Waals surface area contributed by atoms with Gasteiger partial charge in [0.25, 0.3) is 0 Å². The van der Waals surface area contributed by atoms with Crippen molar-refractivity contribution < 1.29 is 9.52 Å². The van der Waals surface area contributed by atoms with Gasteiger partial charge in [0.05, 0.1) is 5.76 Å². The van der Waals surface area contributed by atoms with E-state index in [1.54, 1.807) is 25.1 Å². The minimum atomic E-state index is 0.155. The van der Waals surface area contributed by atoms with E-state index in [2.05, 4.69) is 4.98 Å². The number of aromatic nitrogens is 1. The van der Waals surface area contributed by atoms with E-state index in [0.717, 1.165) is 0 Å². The summed E-state index contributed by atoms with van der Waals surface area (Å²) in [5.41, 5.74) is 1.34. The number of aliphatic hydroxyl groups is 1. The predicted octanol–water partition coefficient (Wildman–Crippen LogP) is 3.40. The minimum Gasteiger partial charge on any atom is -0.512 e. The second-order valence-electron chi connectivity index (χ2n) is 2.95. The highest BCUT2D eigenvalue weighted by molar-refractivity contribution is 6.31. The van der Waals surface area contributed by atoms with Crippen LogP contribution in [0.15, 0.2) is 28.4 Å². The lowest BCUT2D eigenvalue weighted by Crippen LogP contribution is -1.73. The van der Waals surface area contributed by atoms with Crippen molar-refractivity contribution in [2.45, 2.75) is 6.92 Å². The highest BCUT2D eigenvalue weighted by atomic mass is 35.5. The Balaban J connectivity index is 2.57. The molecule has 0 aliphatic heterocycles. The fourth-order valence-electron chi connectivity index (χ4n) is 1.16. The van der Waals surface area contributed by atoms with E-state index in [1.807, 2.05) is 0 Å². The largest absolute Gasteiger partial charge is 0.512 e. The molecule has 0 saturated carbocycles. The summed E-state index contributed by atoms with van der Waals surface area (Å²) in [6, 6.07) is 5.19. The van der Waals surface area contributed by atoms with Crippen LogP contribution in [0.4, 0.5) is 0 Å². The zero-order chi connectivity index (χ0) is 10.1. The smallest absolute Gasteiger partial charge is 0.223 e. The zero-order valence-electron chi connectivity index (χ0n) is 7.49. The maximum absolute atomic E-state index is 9.02. The molecule has 1 aromatic carbocycles. The van der Waals surface area contributed by atoms with Gasteiger partial charge in [0.15, 0.2) is 5.58 Å². The number of fused-ring (bicyclic) bond motifs is 1. The maximum atomic E-state index is 9.02. The molecule has 0 spiro atoms. The normalized spacial score (nSPS) is 12.3. The molecule has 0 aliphatic rings. The van der Waals surface area contributed by atoms with Crippen LogP contribution < -0.4 is 0 Å². The second kappa shape index (κ2) is 3.35. The van der Waals surface area contributed by atoms with E-state index in [9.17, 15) is 0 Å². The zero-order valence-corrected chi connectivity index (χ0v) is 8.25. The third-order valence-corrected chi connectivity index (χ3v) is 1.93. The molecule has 2 aromatic rings. The molecule has 0 radical (unpaired) electrons. The highest BCUT2D eigenvalue weighted by Crippen LogP contribution is 2.20. The first-order valence-corrected chi connectivity index (χ1v) is 4.46. The van der Waals surface area contributed by atoms with Crippen LogP contribution in [0.25, 0.3) is 17.2 Å². The van der Waals surface area contributed by atoms with Crippen molar-refractivity contribution >= 4 is 28.8 Å². The lowest BCUT2D eigenvalue weighted by molar-refractivity contribution is 0.417. The van der Waals surface area contributed by atoms with Crippen molar-refractivity contribution in [3.63, 3.8) is 0 Å². The lowest BCUT2D eigenvalue weighted by atomic mass is 10.3. The Bertz CT molecular complexity index is 498. The predicted molar refractivity (Wildman–Crippen MR) is 55.3 cm³/mol. The quantitative estimate of drug-likeness (QED) is 0.733. The standard InChI is InChI=1S/C10H8ClNO2/c1-6(13)4-10-12-8-5-7(11)2-3-9(8)14-10/h2-5,13H,1H3. The van der Waals surface area contributed by atoms with E-state index in [4.69, 9.17) is 21.1 Å². The van der Waals surface area contributed by atoms with Gasteiger partial charge in [0.1, 0.15) is 5.52 Å². The van der Waals surface area contributed by atoms with Gasteiger partial charge in [-0.1, -0.05) is 11.6 Å². The minimum absolute atomic E-state index is 0.155. The number of oxazole rings is 1. The number of benzene rings is 1. The van der Waals surface area contributed by atoms with Crippen molar-refractivity contribution in [1.29, 1.82) is 0 Å². The van der Waals surface area contributed by atoms with E-state index in [0.29, 0.717) is 22.0 Å². The molecule has 2 rings (SSSR count). The summed E-state index contributed by atoms with van der Waals surface area (Å²) >= 11 is 5.79. The van der Waals surface area contributed by atoms with Gasteiger partial charge >= 0.3 is 0 Å². The van der Waals surface area contributed by atoms with Crippen LogP contribution in [0.2, 0.25) is 5.02 Å². The molecule has 14 heavy (non-hydrogen) atoms. The van der Waals surface area contributed by atoms with E-state index in [-0.39, 0.29) is 5.76 Å². The Kier molecular flexibility index (Phi) is 2.17. The Morgan fingerprint density at radius 3 is 3.07 bits per heavy atom. The Hall–Kier alpha value is -1.48. The summed E-state index contributed by atoms with van der Waals surface area (Å²) in [6.45, 7) is 1.56. The fraction of sp³-hybridized carbons (Fsp3) is 0.100. The number of halogens is 1. The van der Waals surface area contributed by atoms with Crippen LogP contribution in [-0.2, 0) is 0 Å². The average Bonchev–Trinajstić information content (AvgIpc) is 2.44. The van der Waals surface area contributed by atoms with Crippen LogP contribution in [0.3, 0.4) is 0 Å². The number of hydrogen-bond acceptors (Lipinski definition) is 3. The van der Waals surface area contributed by atoms with Crippen molar-refractivity contribution in [2.75, 3.05) is 0 Å². The Morgan fingerprint density at radius 2 is 2.36 bits per heavy atom. The molecule has 0 aliphatic carbocycles. The highest BCUT2D eigenvalue weighted by Gasteiger charge is 2.03. The summed E-state index contributed by atoms with van der Waals surface area (Å²) in [5.74, 6) is 0.532. The van der Waals surface area contributed by atoms with Gasteiger partial charge in [-0.2, -0.15) is 0 Å². The number of allylic oxidation sites excluding steroid dienone is 1. The van der Waals surface area contributed by atoms with Gasteiger partial charge in [-0.05, 0) is 25.1 Å². The lowest BCUT2D eigenvalue weighted by Gasteiger charge is -1.85. The summed E-state index contributed by atoms with van der Waals surface area (Å²) < 4.78 is 5.33. The van der Waals surface area contributed by atoms with E-state index >= 15 is 0 Å². The molecule has 72 valence electrons. The van der Waals surface area contributed by atoms with Crippen LogP contribution in [0.1, 0.15) is 12.8 Å². The number of nitrogens with zero attached hydrogens (tertiary/aromatic N) is 1. The monoisotopic (exact) mass is 209 g/mol. The molecule has 1 N–H and O–H groups in total. The molecule has 0 fully saturated rings. The van der Waals surface area contributed by atoms with Crippen LogP contribution in [0, 0.1) is 0 Å². The summed E-state index contributed by atoms with van der Waals surface area (Å²) in [5, 5.41) is 9.63. The summed E-state index contributed by atoms with van der Waals surface area (Å²) in [7, 11) is 0. The third-order valence-electron chi connectivity index (χ3n) is 1.70. The van der Waals surface area contributed by atoms with E-state index < -0.39 is 0 Å². The van der Waals surface area contributed by atoms with Gasteiger partial charge in [-0.3, -0.25) is 0 Å². The third kappa shape index (κ3) is 1.72. The second-order valence-corrected chi connectivity index (χ2v) is 3.39. The molecule has 0 atom stereocenters. The first-order chi connectivity index (χ1) is 6.65. The molecule has 0 saturated heterocycles. The van der Waals surface area contributed by atoms with Crippen molar-refractivity contribution in [2.24, 2.45) is 0 Å². The first kappa shape index (κ1) is 9.09. The van der Waals surface area contributed by atoms with Crippen molar-refractivity contribution in [1.82, 2.24) is 4.98 Å². The van der Waals surface area contributed by atoms with Gasteiger partial charge < -0.3 is 9.52 Å². The molecular weight excluding hydrogens is 202 g/mol. The number of aliphatic hydroxyl groups excluding tert-OH is 1. The summed E-state index contributed by atoms with van der Waals surface area (Å²) in [4.78, 5) is 4.13. The van der Waals surface area contributed by atoms with Crippen LogP contribution in [-0.4, -0.2) is 10.1 Å². The first-order valence-electron chi connectivity index (χ1n) is 4.08. The Labute approximate surface area is 85.6 Å². The van der Waals surface area contributed by atoms with Crippen LogP contribution in [0.5, 0.6) is 0 Å².